The van der Waals surface area contributed by atoms with E-state index in [4.69, 9.17) is 9.47 Å². The molecular weight excluding hydrogens is 168 g/mol. The fraction of sp³-hybridized carbons (Fsp3) is 0.700. The maximum absolute atomic E-state index is 10.2. The predicted octanol–water partition coefficient (Wildman–Crippen LogP) is 1.67. The lowest BCUT2D eigenvalue weighted by Gasteiger charge is -2.21. The second-order valence-electron chi connectivity index (χ2n) is 3.20. The normalized spacial score (nSPS) is 24.4. The van der Waals surface area contributed by atoms with Crippen molar-refractivity contribution >= 4 is 6.29 Å². The summed E-state index contributed by atoms with van der Waals surface area (Å²) in [5.41, 5.74) is 0.704. The lowest BCUT2D eigenvalue weighted by Crippen LogP contribution is -2.22. The van der Waals surface area contributed by atoms with Crippen molar-refractivity contribution in [3.05, 3.63) is 11.6 Å². The summed E-state index contributed by atoms with van der Waals surface area (Å²) in [6.45, 7) is 3.02. The van der Waals surface area contributed by atoms with Crippen LogP contribution in [0.25, 0.3) is 0 Å². The number of allylic oxidation sites excluding steroid dienone is 1. The van der Waals surface area contributed by atoms with Gasteiger partial charge in [-0.3, -0.25) is 4.79 Å². The molecule has 1 aliphatic rings. The summed E-state index contributed by atoms with van der Waals surface area (Å²) in [4.78, 5) is 10.2. The van der Waals surface area contributed by atoms with E-state index >= 15 is 0 Å². The molecule has 0 amide bonds. The Balaban J connectivity index is 2.14. The second kappa shape index (κ2) is 5.89. The van der Waals surface area contributed by atoms with E-state index in [-0.39, 0.29) is 6.29 Å². The van der Waals surface area contributed by atoms with Gasteiger partial charge in [-0.2, -0.15) is 0 Å². The van der Waals surface area contributed by atoms with Crippen LogP contribution in [0.1, 0.15) is 26.2 Å². The number of carbonyl (C=O) groups excluding carboxylic acids is 1. The van der Waals surface area contributed by atoms with E-state index in [1.165, 1.54) is 6.42 Å². The molecule has 0 bridgehead atoms. The first-order chi connectivity index (χ1) is 6.33. The van der Waals surface area contributed by atoms with Crippen molar-refractivity contribution in [1.82, 2.24) is 0 Å². The molecule has 74 valence electrons. The smallest absolute Gasteiger partial charge is 0.157 e. The first-order valence-electron chi connectivity index (χ1n) is 4.68. The van der Waals surface area contributed by atoms with Gasteiger partial charge in [0.25, 0.3) is 0 Å². The van der Waals surface area contributed by atoms with Crippen molar-refractivity contribution in [3.63, 3.8) is 0 Å². The lowest BCUT2D eigenvalue weighted by molar-refractivity contribution is -0.155. The highest BCUT2D eigenvalue weighted by atomic mass is 16.7. The van der Waals surface area contributed by atoms with Crippen LogP contribution < -0.4 is 0 Å². The topological polar surface area (TPSA) is 35.5 Å². The first kappa shape index (κ1) is 10.4. The zero-order valence-corrected chi connectivity index (χ0v) is 7.99. The molecule has 1 heterocycles. The van der Waals surface area contributed by atoms with Gasteiger partial charge in [0.1, 0.15) is 6.29 Å². The Bertz CT molecular complexity index is 181. The summed E-state index contributed by atoms with van der Waals surface area (Å²) < 4.78 is 10.8. The molecule has 0 spiro atoms. The Morgan fingerprint density at radius 3 is 3.08 bits per heavy atom. The quantitative estimate of drug-likeness (QED) is 0.492. The van der Waals surface area contributed by atoms with Crippen molar-refractivity contribution in [2.24, 2.45) is 0 Å². The average molecular weight is 184 g/mol. The number of carbonyl (C=O) groups is 1. The fourth-order valence-corrected chi connectivity index (χ4v) is 1.18. The third-order valence-corrected chi connectivity index (χ3v) is 2.01. The molecule has 0 radical (unpaired) electrons. The van der Waals surface area contributed by atoms with Crippen LogP contribution in [-0.4, -0.2) is 25.8 Å². The van der Waals surface area contributed by atoms with Gasteiger partial charge in [-0.15, -0.1) is 0 Å². The van der Waals surface area contributed by atoms with Gasteiger partial charge in [-0.25, -0.2) is 0 Å². The largest absolute Gasteiger partial charge is 0.353 e. The standard InChI is InChI=1S/C10H16O3/c1-9(8-11)5-7-13-10-4-2-3-6-12-10/h5,8,10H,2-4,6-7H2,1H3/b9-5+. The van der Waals surface area contributed by atoms with E-state index in [0.717, 1.165) is 25.7 Å². The number of rotatable bonds is 4. The minimum absolute atomic E-state index is 0.0653. The second-order valence-corrected chi connectivity index (χ2v) is 3.20. The van der Waals surface area contributed by atoms with E-state index in [1.54, 1.807) is 13.0 Å². The highest BCUT2D eigenvalue weighted by molar-refractivity contribution is 5.71. The van der Waals surface area contributed by atoms with Crippen molar-refractivity contribution in [3.8, 4) is 0 Å². The molecule has 0 aromatic heterocycles. The zero-order valence-electron chi connectivity index (χ0n) is 7.99. The van der Waals surface area contributed by atoms with Gasteiger partial charge in [0.2, 0.25) is 0 Å². The Kier molecular flexibility index (Phi) is 4.72. The molecule has 1 rings (SSSR count). The van der Waals surface area contributed by atoms with Crippen LogP contribution in [0.3, 0.4) is 0 Å². The van der Waals surface area contributed by atoms with Gasteiger partial charge >= 0.3 is 0 Å². The van der Waals surface area contributed by atoms with Crippen LogP contribution in [0, 0.1) is 0 Å². The third kappa shape index (κ3) is 4.20. The summed E-state index contributed by atoms with van der Waals surface area (Å²) in [5.74, 6) is 0. The van der Waals surface area contributed by atoms with Gasteiger partial charge in [0.15, 0.2) is 6.29 Å². The molecule has 3 nitrogen and oxygen atoms in total. The number of ether oxygens (including phenoxy) is 2. The molecular formula is C10H16O3. The summed E-state index contributed by atoms with van der Waals surface area (Å²) in [6, 6.07) is 0. The SMILES string of the molecule is C/C(C=O)=C\COC1CCCCO1. The van der Waals surface area contributed by atoms with E-state index in [9.17, 15) is 4.79 Å². The van der Waals surface area contributed by atoms with E-state index in [0.29, 0.717) is 12.2 Å². The van der Waals surface area contributed by atoms with Crippen LogP contribution >= 0.6 is 0 Å². The number of aldehydes is 1. The molecule has 1 atom stereocenters. The predicted molar refractivity (Wildman–Crippen MR) is 49.4 cm³/mol. The Labute approximate surface area is 78.7 Å². The summed E-state index contributed by atoms with van der Waals surface area (Å²) >= 11 is 0. The van der Waals surface area contributed by atoms with Crippen molar-refractivity contribution < 1.29 is 14.3 Å². The van der Waals surface area contributed by atoms with Crippen LogP contribution in [0.2, 0.25) is 0 Å². The molecule has 0 saturated carbocycles. The summed E-state index contributed by atoms with van der Waals surface area (Å²) in [5, 5.41) is 0. The van der Waals surface area contributed by atoms with Gasteiger partial charge in [-0.05, 0) is 31.8 Å². The van der Waals surface area contributed by atoms with Gasteiger partial charge in [0.05, 0.1) is 6.61 Å². The van der Waals surface area contributed by atoms with Crippen molar-refractivity contribution in [2.75, 3.05) is 13.2 Å². The zero-order chi connectivity index (χ0) is 9.52. The minimum atomic E-state index is -0.0653. The molecule has 1 saturated heterocycles. The summed E-state index contributed by atoms with van der Waals surface area (Å²) in [6.07, 6.45) is 5.79. The molecule has 3 heteroatoms. The van der Waals surface area contributed by atoms with Gasteiger partial charge in [0, 0.05) is 6.61 Å². The molecule has 0 aliphatic carbocycles. The third-order valence-electron chi connectivity index (χ3n) is 2.01. The summed E-state index contributed by atoms with van der Waals surface area (Å²) in [7, 11) is 0. The molecule has 0 aromatic carbocycles. The van der Waals surface area contributed by atoms with Crippen molar-refractivity contribution in [2.45, 2.75) is 32.5 Å². The highest BCUT2D eigenvalue weighted by Gasteiger charge is 2.12. The highest BCUT2D eigenvalue weighted by Crippen LogP contribution is 2.13. The number of hydrogen-bond acceptors (Lipinski definition) is 3. The molecule has 1 unspecified atom stereocenters. The maximum Gasteiger partial charge on any atom is 0.157 e. The van der Waals surface area contributed by atoms with Gasteiger partial charge in [-0.1, -0.05) is 6.08 Å². The number of hydrogen-bond donors (Lipinski definition) is 0. The van der Waals surface area contributed by atoms with Crippen molar-refractivity contribution in [1.29, 1.82) is 0 Å². The molecule has 1 aliphatic heterocycles. The van der Waals surface area contributed by atoms with Crippen LogP contribution in [0.15, 0.2) is 11.6 Å². The fourth-order valence-electron chi connectivity index (χ4n) is 1.18. The molecule has 0 N–H and O–H groups in total. The molecule has 1 fully saturated rings. The first-order valence-corrected chi connectivity index (χ1v) is 4.68. The average Bonchev–Trinajstić information content (AvgIpc) is 2.19. The Morgan fingerprint density at radius 1 is 1.62 bits per heavy atom. The molecule has 13 heavy (non-hydrogen) atoms. The van der Waals surface area contributed by atoms with Gasteiger partial charge < -0.3 is 9.47 Å². The maximum atomic E-state index is 10.2. The lowest BCUT2D eigenvalue weighted by atomic mass is 10.2. The molecule has 0 aromatic rings. The van der Waals surface area contributed by atoms with E-state index < -0.39 is 0 Å². The van der Waals surface area contributed by atoms with E-state index in [1.807, 2.05) is 0 Å². The van der Waals surface area contributed by atoms with Crippen LogP contribution in [0.4, 0.5) is 0 Å². The van der Waals surface area contributed by atoms with Crippen LogP contribution in [0.5, 0.6) is 0 Å². The van der Waals surface area contributed by atoms with Crippen LogP contribution in [-0.2, 0) is 14.3 Å². The monoisotopic (exact) mass is 184 g/mol. The van der Waals surface area contributed by atoms with E-state index in [2.05, 4.69) is 0 Å². The minimum Gasteiger partial charge on any atom is -0.353 e. The Morgan fingerprint density at radius 2 is 2.46 bits per heavy atom. The Hall–Kier alpha value is -0.670.